The van der Waals surface area contributed by atoms with E-state index in [0.717, 1.165) is 69.3 Å². The molecule has 0 saturated heterocycles. The molecule has 14 heteroatoms. The van der Waals surface area contributed by atoms with Crippen LogP contribution in [0.5, 0.6) is 11.5 Å². The molecule has 3 aromatic rings. The van der Waals surface area contributed by atoms with Crippen LogP contribution in [0.15, 0.2) is 64.4 Å². The molecule has 3 aromatic carbocycles. The van der Waals surface area contributed by atoms with Crippen molar-refractivity contribution in [3.8, 4) is 11.5 Å². The van der Waals surface area contributed by atoms with E-state index in [2.05, 4.69) is 42.2 Å². The first-order valence-corrected chi connectivity index (χ1v) is 21.2. The normalized spacial score (nSPS) is 13.1. The van der Waals surface area contributed by atoms with Crippen LogP contribution in [-0.4, -0.2) is 86.4 Å². The van der Waals surface area contributed by atoms with Crippen LogP contribution in [0.4, 0.5) is 11.4 Å². The molecule has 0 radical (unpaired) electrons. The number of nitrogens with zero attached hydrogens (tertiary/aromatic N) is 2. The van der Waals surface area contributed by atoms with Crippen LogP contribution in [0.2, 0.25) is 0 Å². The van der Waals surface area contributed by atoms with Gasteiger partial charge in [-0.1, -0.05) is 31.0 Å². The minimum absolute atomic E-state index is 0.0336. The number of nitrogens with one attached hydrogen (secondary N) is 1. The van der Waals surface area contributed by atoms with E-state index in [1.807, 2.05) is 36.4 Å². The summed E-state index contributed by atoms with van der Waals surface area (Å²) in [5.41, 5.74) is 3.53. The summed E-state index contributed by atoms with van der Waals surface area (Å²) >= 11 is 5.68. The Labute approximate surface area is 309 Å². The first kappa shape index (κ1) is 40.9. The van der Waals surface area contributed by atoms with Gasteiger partial charge in [0.25, 0.3) is 10.1 Å². The number of hydrogen-bond donors (Lipinski definition) is 2. The molecule has 4 rings (SSSR count). The second-order valence-corrected chi connectivity index (χ2v) is 15.8. The van der Waals surface area contributed by atoms with Crippen LogP contribution in [0.25, 0.3) is 0 Å². The molecule has 1 aliphatic heterocycles. The number of halogens is 1. The highest BCUT2D eigenvalue weighted by atomic mass is 35.5. The molecule has 1 aliphatic rings. The summed E-state index contributed by atoms with van der Waals surface area (Å²) in [4.78, 5) is 3.58. The lowest BCUT2D eigenvalue weighted by Gasteiger charge is -2.32. The predicted molar refractivity (Wildman–Crippen MR) is 203 cm³/mol. The van der Waals surface area contributed by atoms with Crippen molar-refractivity contribution in [2.45, 2.75) is 69.1 Å². The van der Waals surface area contributed by atoms with Crippen LogP contribution >= 0.6 is 11.6 Å². The Morgan fingerprint density at radius 1 is 0.706 bits per heavy atom. The summed E-state index contributed by atoms with van der Waals surface area (Å²) in [6.07, 6.45) is 4.08. The van der Waals surface area contributed by atoms with Crippen LogP contribution in [-0.2, 0) is 29.6 Å². The fourth-order valence-electron chi connectivity index (χ4n) is 6.34. The monoisotopic (exact) mass is 765 g/mol. The molecule has 0 bridgehead atoms. The van der Waals surface area contributed by atoms with Gasteiger partial charge in [0.05, 0.1) is 29.6 Å². The van der Waals surface area contributed by atoms with E-state index < -0.39 is 31.0 Å². The summed E-state index contributed by atoms with van der Waals surface area (Å²) in [6.45, 7) is 12.8. The van der Waals surface area contributed by atoms with Gasteiger partial charge >= 0.3 is 0 Å². The van der Waals surface area contributed by atoms with Crippen molar-refractivity contribution in [2.24, 2.45) is 0 Å². The van der Waals surface area contributed by atoms with E-state index in [4.69, 9.17) is 25.8 Å². The Balaban J connectivity index is 1.59. The van der Waals surface area contributed by atoms with E-state index in [0.29, 0.717) is 48.3 Å². The summed E-state index contributed by atoms with van der Waals surface area (Å²) in [6, 6.07) is 15.5. The molecule has 51 heavy (non-hydrogen) atoms. The second-order valence-electron chi connectivity index (χ2n) is 12.2. The quantitative estimate of drug-likeness (QED) is 0.0488. The highest BCUT2D eigenvalue weighted by Gasteiger charge is 2.34. The summed E-state index contributed by atoms with van der Waals surface area (Å²) < 4.78 is 83.1. The maximum Gasteiger partial charge on any atom is 0.294 e. The zero-order valence-electron chi connectivity index (χ0n) is 30.1. The van der Waals surface area contributed by atoms with Crippen molar-refractivity contribution < 1.29 is 35.6 Å². The maximum absolute atomic E-state index is 13.3. The second kappa shape index (κ2) is 19.2. The number of fused-ring (bicyclic) bond motifs is 2. The maximum atomic E-state index is 13.3. The van der Waals surface area contributed by atoms with Gasteiger partial charge in [0.1, 0.15) is 11.5 Å². The van der Waals surface area contributed by atoms with E-state index in [-0.39, 0.29) is 23.6 Å². The number of anilines is 2. The molecular formula is C37H52ClN3O8S2. The largest absolute Gasteiger partial charge is 0.457 e. The summed E-state index contributed by atoms with van der Waals surface area (Å²) in [5.74, 6) is 1.10. The Hall–Kier alpha value is -2.91. The molecule has 0 spiro atoms. The van der Waals surface area contributed by atoms with Crippen molar-refractivity contribution in [3.05, 3.63) is 71.3 Å². The Morgan fingerprint density at radius 2 is 1.24 bits per heavy atom. The van der Waals surface area contributed by atoms with Crippen molar-refractivity contribution >= 4 is 43.1 Å². The Morgan fingerprint density at radius 3 is 1.76 bits per heavy atom. The summed E-state index contributed by atoms with van der Waals surface area (Å²) in [7, 11) is -9.02. The molecule has 282 valence electrons. The van der Waals surface area contributed by atoms with Crippen molar-refractivity contribution in [3.63, 3.8) is 0 Å². The van der Waals surface area contributed by atoms with Crippen LogP contribution in [0, 0.1) is 0 Å². The zero-order chi connectivity index (χ0) is 37.0. The van der Waals surface area contributed by atoms with Gasteiger partial charge in [-0.2, -0.15) is 8.42 Å². The van der Waals surface area contributed by atoms with Gasteiger partial charge in [-0.3, -0.25) is 4.55 Å². The van der Waals surface area contributed by atoms with Gasteiger partial charge in [-0.15, -0.1) is 11.6 Å². The molecule has 0 unspecified atom stereocenters. The van der Waals surface area contributed by atoms with Crippen LogP contribution < -0.4 is 19.3 Å². The van der Waals surface area contributed by atoms with Gasteiger partial charge in [-0.05, 0) is 70.4 Å². The standard InChI is InChI=1S/C37H52ClN3O8S2/c1-5-40(6-2)28-13-16-31-34(25-28)49-35-26-29(41(7-3)8-4)14-17-32(35)37(31)33-18-15-30(27-36(33)51(44,45)46)50(42,43)39-20-22-48-24-23-47-21-12-10-9-11-19-38/h13-18,25-27,37,39H,5-12,19-24H2,1-4H3,(H,44,45,46). The minimum atomic E-state index is -4.87. The van der Waals surface area contributed by atoms with Crippen LogP contribution in [0.1, 0.15) is 76.0 Å². The number of ether oxygens (including phenoxy) is 3. The van der Waals surface area contributed by atoms with Crippen molar-refractivity contribution in [1.82, 2.24) is 4.72 Å². The highest BCUT2D eigenvalue weighted by Crippen LogP contribution is 2.50. The fraction of sp³-hybridized carbons (Fsp3) is 0.514. The number of unbranched alkanes of at least 4 members (excludes halogenated alkanes) is 3. The molecule has 1 heterocycles. The number of hydrogen-bond acceptors (Lipinski definition) is 9. The summed E-state index contributed by atoms with van der Waals surface area (Å²) in [5, 5.41) is 0. The average Bonchev–Trinajstić information content (AvgIpc) is 3.11. The fourth-order valence-corrected chi connectivity index (χ4v) is 8.40. The lowest BCUT2D eigenvalue weighted by atomic mass is 9.82. The predicted octanol–water partition coefficient (Wildman–Crippen LogP) is 7.02. The van der Waals surface area contributed by atoms with E-state index in [9.17, 15) is 21.4 Å². The molecule has 0 atom stereocenters. The number of sulfonamides is 1. The number of benzene rings is 3. The molecular weight excluding hydrogens is 714 g/mol. The third-order valence-corrected chi connectivity index (χ3v) is 11.7. The molecule has 0 saturated carbocycles. The third kappa shape index (κ3) is 10.6. The van der Waals surface area contributed by atoms with Gasteiger partial charge in [0.15, 0.2) is 0 Å². The third-order valence-electron chi connectivity index (χ3n) is 9.06. The van der Waals surface area contributed by atoms with Gasteiger partial charge in [-0.25, -0.2) is 13.1 Å². The van der Waals surface area contributed by atoms with Crippen LogP contribution in [0.3, 0.4) is 0 Å². The molecule has 0 amide bonds. The number of rotatable bonds is 22. The van der Waals surface area contributed by atoms with Gasteiger partial charge in [0.2, 0.25) is 10.0 Å². The van der Waals surface area contributed by atoms with E-state index in [1.54, 1.807) is 0 Å². The van der Waals surface area contributed by atoms with Gasteiger partial charge in [0, 0.05) is 85.8 Å². The molecule has 0 aromatic heterocycles. The molecule has 2 N–H and O–H groups in total. The highest BCUT2D eigenvalue weighted by molar-refractivity contribution is 7.89. The topological polar surface area (TPSA) is 135 Å². The Bertz CT molecular complexity index is 1740. The minimum Gasteiger partial charge on any atom is -0.457 e. The molecule has 0 aliphatic carbocycles. The van der Waals surface area contributed by atoms with E-state index >= 15 is 0 Å². The first-order valence-electron chi connectivity index (χ1n) is 17.8. The Kier molecular flexibility index (Phi) is 15.4. The number of alkyl halides is 1. The van der Waals surface area contributed by atoms with E-state index in [1.165, 1.54) is 12.1 Å². The van der Waals surface area contributed by atoms with Crippen molar-refractivity contribution in [2.75, 3.05) is 74.8 Å². The van der Waals surface area contributed by atoms with Gasteiger partial charge < -0.3 is 24.0 Å². The first-order chi connectivity index (χ1) is 24.5. The molecule has 11 nitrogen and oxygen atoms in total. The van der Waals surface area contributed by atoms with Crippen molar-refractivity contribution in [1.29, 1.82) is 0 Å². The lowest BCUT2D eigenvalue weighted by Crippen LogP contribution is -2.28. The molecule has 0 fully saturated rings. The lowest BCUT2D eigenvalue weighted by molar-refractivity contribution is 0.0485. The SMILES string of the molecule is CCN(CC)c1ccc2c(c1)Oc1cc(N(CC)CC)ccc1C2c1ccc(S(=O)(=O)NCCOCCOCCCCCCCl)cc1S(=O)(=O)O. The average molecular weight is 766 g/mol. The zero-order valence-corrected chi connectivity index (χ0v) is 32.5. The smallest absolute Gasteiger partial charge is 0.294 e.